The summed E-state index contributed by atoms with van der Waals surface area (Å²) in [6, 6.07) is 5.22. The molecule has 6 nitrogen and oxygen atoms in total. The first-order valence-electron chi connectivity index (χ1n) is 6.51. The van der Waals surface area contributed by atoms with Gasteiger partial charge in [0.25, 0.3) is 5.91 Å². The predicted octanol–water partition coefficient (Wildman–Crippen LogP) is 1.64. The van der Waals surface area contributed by atoms with Crippen molar-refractivity contribution < 1.29 is 14.7 Å². The van der Waals surface area contributed by atoms with Gasteiger partial charge >= 0.3 is 5.97 Å². The SMILES string of the molecule is CC1(C(=O)O)CCCN1C(=O)c1ccc2[nH]ncc2c1. The van der Waals surface area contributed by atoms with Crippen molar-refractivity contribution in [1.29, 1.82) is 0 Å². The van der Waals surface area contributed by atoms with E-state index in [-0.39, 0.29) is 5.91 Å². The Morgan fingerprint density at radius 1 is 1.45 bits per heavy atom. The number of likely N-dealkylation sites (tertiary alicyclic amines) is 1. The molecule has 1 aromatic carbocycles. The van der Waals surface area contributed by atoms with Gasteiger partial charge in [0, 0.05) is 17.5 Å². The Labute approximate surface area is 115 Å². The van der Waals surface area contributed by atoms with Crippen molar-refractivity contribution in [2.45, 2.75) is 25.3 Å². The fourth-order valence-electron chi connectivity index (χ4n) is 2.74. The number of carboxylic acid groups (broad SMARTS) is 1. The number of benzene rings is 1. The van der Waals surface area contributed by atoms with E-state index >= 15 is 0 Å². The zero-order valence-corrected chi connectivity index (χ0v) is 11.1. The molecule has 0 saturated carbocycles. The molecule has 2 heterocycles. The smallest absolute Gasteiger partial charge is 0.329 e. The molecule has 0 aliphatic carbocycles. The van der Waals surface area contributed by atoms with E-state index in [1.165, 1.54) is 4.90 Å². The van der Waals surface area contributed by atoms with Crippen molar-refractivity contribution in [3.8, 4) is 0 Å². The maximum Gasteiger partial charge on any atom is 0.329 e. The van der Waals surface area contributed by atoms with Gasteiger partial charge in [0.1, 0.15) is 5.54 Å². The van der Waals surface area contributed by atoms with Gasteiger partial charge < -0.3 is 10.0 Å². The molecule has 1 aliphatic heterocycles. The molecule has 2 aromatic rings. The van der Waals surface area contributed by atoms with E-state index in [1.807, 2.05) is 0 Å². The van der Waals surface area contributed by atoms with Crippen molar-refractivity contribution in [1.82, 2.24) is 15.1 Å². The number of carbonyl (C=O) groups excluding carboxylic acids is 1. The minimum absolute atomic E-state index is 0.240. The maximum atomic E-state index is 12.6. The Hall–Kier alpha value is -2.37. The molecule has 20 heavy (non-hydrogen) atoms. The fraction of sp³-hybridized carbons (Fsp3) is 0.357. The van der Waals surface area contributed by atoms with E-state index in [1.54, 1.807) is 31.3 Å². The molecule has 6 heteroatoms. The van der Waals surface area contributed by atoms with Gasteiger partial charge in [0.2, 0.25) is 0 Å². The monoisotopic (exact) mass is 273 g/mol. The van der Waals surface area contributed by atoms with Crippen LogP contribution in [0.1, 0.15) is 30.1 Å². The number of H-pyrrole nitrogens is 1. The molecule has 0 spiro atoms. The summed E-state index contributed by atoms with van der Waals surface area (Å²) in [5.74, 6) is -1.19. The highest BCUT2D eigenvalue weighted by Gasteiger charge is 2.46. The van der Waals surface area contributed by atoms with Crippen molar-refractivity contribution in [3.63, 3.8) is 0 Å². The summed E-state index contributed by atoms with van der Waals surface area (Å²) in [5, 5.41) is 16.9. The van der Waals surface area contributed by atoms with Crippen molar-refractivity contribution in [2.75, 3.05) is 6.54 Å². The Morgan fingerprint density at radius 3 is 3.00 bits per heavy atom. The van der Waals surface area contributed by atoms with Crippen LogP contribution in [0.15, 0.2) is 24.4 Å². The van der Waals surface area contributed by atoms with Crippen LogP contribution >= 0.6 is 0 Å². The minimum Gasteiger partial charge on any atom is -0.480 e. The number of rotatable bonds is 2. The number of aromatic nitrogens is 2. The van der Waals surface area contributed by atoms with Crippen LogP contribution in [0.25, 0.3) is 10.9 Å². The first-order chi connectivity index (χ1) is 9.52. The highest BCUT2D eigenvalue weighted by atomic mass is 16.4. The predicted molar refractivity (Wildman–Crippen MR) is 72.4 cm³/mol. The Balaban J connectivity index is 1.97. The molecule has 1 atom stereocenters. The van der Waals surface area contributed by atoms with E-state index in [0.29, 0.717) is 24.9 Å². The molecule has 2 N–H and O–H groups in total. The molecule has 0 bridgehead atoms. The topological polar surface area (TPSA) is 86.3 Å². The summed E-state index contributed by atoms with van der Waals surface area (Å²) < 4.78 is 0. The number of carboxylic acids is 1. The number of hydrogen-bond acceptors (Lipinski definition) is 3. The quantitative estimate of drug-likeness (QED) is 0.871. The molecular formula is C14H15N3O3. The van der Waals surface area contributed by atoms with Gasteiger partial charge in [-0.3, -0.25) is 9.89 Å². The number of nitrogens with zero attached hydrogens (tertiary/aromatic N) is 2. The number of fused-ring (bicyclic) bond motifs is 1. The Morgan fingerprint density at radius 2 is 2.25 bits per heavy atom. The van der Waals surface area contributed by atoms with Gasteiger partial charge in [-0.25, -0.2) is 4.79 Å². The minimum atomic E-state index is -1.11. The summed E-state index contributed by atoms with van der Waals surface area (Å²) in [6.45, 7) is 2.08. The van der Waals surface area contributed by atoms with Gasteiger partial charge in [-0.05, 0) is 38.0 Å². The second-order valence-electron chi connectivity index (χ2n) is 5.31. The number of aliphatic carboxylic acids is 1. The van der Waals surface area contributed by atoms with Crippen LogP contribution in [-0.4, -0.2) is 44.2 Å². The van der Waals surface area contributed by atoms with Crippen molar-refractivity contribution >= 4 is 22.8 Å². The van der Waals surface area contributed by atoms with Crippen LogP contribution in [0.3, 0.4) is 0 Å². The van der Waals surface area contributed by atoms with Gasteiger partial charge in [0.15, 0.2) is 0 Å². The highest BCUT2D eigenvalue weighted by Crippen LogP contribution is 2.31. The molecular weight excluding hydrogens is 258 g/mol. The lowest BCUT2D eigenvalue weighted by molar-refractivity contribution is -0.147. The molecule has 1 aliphatic rings. The standard InChI is InChI=1S/C14H15N3O3/c1-14(13(19)20)5-2-6-17(14)12(18)9-3-4-11-10(7-9)8-15-16-11/h3-4,7-8H,2,5-6H2,1H3,(H,15,16)(H,19,20). The Bertz CT molecular complexity index is 694. The van der Waals surface area contributed by atoms with E-state index in [4.69, 9.17) is 0 Å². The zero-order valence-electron chi connectivity index (χ0n) is 11.1. The van der Waals surface area contributed by atoms with Crippen molar-refractivity contribution in [3.05, 3.63) is 30.0 Å². The van der Waals surface area contributed by atoms with Crippen molar-refractivity contribution in [2.24, 2.45) is 0 Å². The van der Waals surface area contributed by atoms with Crippen LogP contribution in [0.2, 0.25) is 0 Å². The van der Waals surface area contributed by atoms with Gasteiger partial charge in [-0.15, -0.1) is 0 Å². The van der Waals surface area contributed by atoms with Crippen LogP contribution in [0.5, 0.6) is 0 Å². The molecule has 1 saturated heterocycles. The highest BCUT2D eigenvalue weighted by molar-refractivity contribution is 6.00. The van der Waals surface area contributed by atoms with Gasteiger partial charge in [-0.1, -0.05) is 0 Å². The number of nitrogens with one attached hydrogen (secondary N) is 1. The lowest BCUT2D eigenvalue weighted by Gasteiger charge is -2.31. The molecule has 1 amide bonds. The summed E-state index contributed by atoms with van der Waals surface area (Å²) in [7, 11) is 0. The first kappa shape index (κ1) is 12.7. The first-order valence-corrected chi connectivity index (χ1v) is 6.51. The van der Waals surface area contributed by atoms with Crippen LogP contribution in [-0.2, 0) is 4.79 Å². The second kappa shape index (κ2) is 4.33. The Kier molecular flexibility index (Phi) is 2.74. The second-order valence-corrected chi connectivity index (χ2v) is 5.31. The van der Waals surface area contributed by atoms with Crippen LogP contribution in [0.4, 0.5) is 0 Å². The van der Waals surface area contributed by atoms with Gasteiger partial charge in [-0.2, -0.15) is 5.10 Å². The molecule has 1 unspecified atom stereocenters. The summed E-state index contributed by atoms with van der Waals surface area (Å²) in [5.41, 5.74) is 0.236. The van der Waals surface area contributed by atoms with Crippen LogP contribution < -0.4 is 0 Å². The molecule has 104 valence electrons. The number of aromatic amines is 1. The largest absolute Gasteiger partial charge is 0.480 e. The maximum absolute atomic E-state index is 12.6. The summed E-state index contributed by atoms with van der Waals surface area (Å²) in [4.78, 5) is 25.5. The normalized spacial score (nSPS) is 22.4. The van der Waals surface area contributed by atoms with E-state index < -0.39 is 11.5 Å². The average Bonchev–Trinajstić information content (AvgIpc) is 3.03. The van der Waals surface area contributed by atoms with E-state index in [0.717, 1.165) is 10.9 Å². The molecule has 1 aromatic heterocycles. The number of amides is 1. The van der Waals surface area contributed by atoms with Gasteiger partial charge in [0.05, 0.1) is 11.7 Å². The average molecular weight is 273 g/mol. The molecule has 3 rings (SSSR count). The summed E-state index contributed by atoms with van der Waals surface area (Å²) >= 11 is 0. The third kappa shape index (κ3) is 1.76. The third-order valence-electron chi connectivity index (χ3n) is 4.03. The lowest BCUT2D eigenvalue weighted by atomic mass is 9.98. The van der Waals surface area contributed by atoms with Crippen LogP contribution in [0, 0.1) is 0 Å². The molecule has 1 fully saturated rings. The number of hydrogen-bond donors (Lipinski definition) is 2. The zero-order chi connectivity index (χ0) is 14.3. The number of carbonyl (C=O) groups is 2. The van der Waals surface area contributed by atoms with E-state index in [2.05, 4.69) is 10.2 Å². The third-order valence-corrected chi connectivity index (χ3v) is 4.03. The fourth-order valence-corrected chi connectivity index (χ4v) is 2.74. The summed E-state index contributed by atoms with van der Waals surface area (Å²) in [6.07, 6.45) is 2.84. The molecule has 0 radical (unpaired) electrons. The van der Waals surface area contributed by atoms with E-state index in [9.17, 15) is 14.7 Å². The lowest BCUT2D eigenvalue weighted by Crippen LogP contribution is -2.50.